The molecule has 4 aromatic rings. The number of pyridine rings is 1. The van der Waals surface area contributed by atoms with Crippen molar-refractivity contribution in [2.75, 3.05) is 31.1 Å². The topological polar surface area (TPSA) is 72.3 Å². The Balaban J connectivity index is 1.31. The van der Waals surface area contributed by atoms with Gasteiger partial charge in [-0.05, 0) is 47.4 Å². The number of benzene rings is 2. The summed E-state index contributed by atoms with van der Waals surface area (Å²) < 4.78 is 7.42. The van der Waals surface area contributed by atoms with E-state index in [0.717, 1.165) is 50.4 Å². The van der Waals surface area contributed by atoms with Gasteiger partial charge in [0.25, 0.3) is 5.56 Å². The summed E-state index contributed by atoms with van der Waals surface area (Å²) in [4.78, 5) is 23.9. The van der Waals surface area contributed by atoms with Crippen LogP contribution in [-0.2, 0) is 7.05 Å². The zero-order valence-corrected chi connectivity index (χ0v) is 21.4. The van der Waals surface area contributed by atoms with Gasteiger partial charge in [0.15, 0.2) is 0 Å². The first-order valence-electron chi connectivity index (χ1n) is 12.9. The molecule has 0 amide bonds. The molecule has 2 aromatic carbocycles. The molecule has 2 aromatic heterocycles. The van der Waals surface area contributed by atoms with Crippen molar-refractivity contribution in [2.24, 2.45) is 7.05 Å². The van der Waals surface area contributed by atoms with Crippen molar-refractivity contribution in [3.8, 4) is 28.1 Å². The maximum absolute atomic E-state index is 12.7. The van der Waals surface area contributed by atoms with Crippen LogP contribution in [0.15, 0.2) is 83.9 Å². The van der Waals surface area contributed by atoms with Crippen molar-refractivity contribution >= 4 is 5.95 Å². The Labute approximate surface area is 217 Å². The van der Waals surface area contributed by atoms with E-state index in [2.05, 4.69) is 58.5 Å². The van der Waals surface area contributed by atoms with E-state index in [-0.39, 0.29) is 11.6 Å². The lowest BCUT2D eigenvalue weighted by molar-refractivity contribution is 0.309. The van der Waals surface area contributed by atoms with Crippen molar-refractivity contribution in [3.63, 3.8) is 0 Å². The average molecular weight is 496 g/mol. The zero-order valence-electron chi connectivity index (χ0n) is 21.4. The fourth-order valence-electron chi connectivity index (χ4n) is 4.62. The number of ether oxygens (including phenoxy) is 1. The minimum atomic E-state index is -0.0713. The molecular weight excluding hydrogens is 462 g/mol. The van der Waals surface area contributed by atoms with Crippen LogP contribution in [0.1, 0.15) is 31.4 Å². The van der Waals surface area contributed by atoms with Crippen LogP contribution < -0.4 is 20.5 Å². The monoisotopic (exact) mass is 495 g/mol. The highest BCUT2D eigenvalue weighted by molar-refractivity contribution is 5.64. The maximum atomic E-state index is 12.7. The Hall–Kier alpha value is -3.97. The molecule has 7 heteroatoms. The van der Waals surface area contributed by atoms with Crippen molar-refractivity contribution in [1.29, 1.82) is 0 Å². The zero-order chi connectivity index (χ0) is 25.6. The number of piperazine rings is 1. The molecule has 37 heavy (non-hydrogen) atoms. The van der Waals surface area contributed by atoms with Crippen LogP contribution in [0.2, 0.25) is 0 Å². The number of hydrogen-bond donors (Lipinski definition) is 1. The Morgan fingerprint density at radius 3 is 2.38 bits per heavy atom. The number of rotatable bonds is 8. The molecule has 1 N–H and O–H groups in total. The van der Waals surface area contributed by atoms with Crippen LogP contribution in [0.5, 0.6) is 5.75 Å². The molecular formula is C30H33N5O2. The van der Waals surface area contributed by atoms with Crippen molar-refractivity contribution in [3.05, 3.63) is 95.0 Å². The van der Waals surface area contributed by atoms with Gasteiger partial charge in [-0.1, -0.05) is 49.7 Å². The fraction of sp³-hybridized carbons (Fsp3) is 0.300. The van der Waals surface area contributed by atoms with Gasteiger partial charge < -0.3 is 15.0 Å². The first-order valence-corrected chi connectivity index (χ1v) is 12.9. The van der Waals surface area contributed by atoms with E-state index in [1.165, 1.54) is 16.7 Å². The summed E-state index contributed by atoms with van der Waals surface area (Å²) >= 11 is 0. The molecule has 5 rings (SSSR count). The Morgan fingerprint density at radius 1 is 0.973 bits per heavy atom. The third-order valence-electron chi connectivity index (χ3n) is 6.81. The van der Waals surface area contributed by atoms with Crippen LogP contribution in [0.25, 0.3) is 22.4 Å². The molecule has 7 nitrogen and oxygen atoms in total. The van der Waals surface area contributed by atoms with Gasteiger partial charge in [0.1, 0.15) is 5.75 Å². The van der Waals surface area contributed by atoms with Gasteiger partial charge in [0.05, 0.1) is 12.3 Å². The summed E-state index contributed by atoms with van der Waals surface area (Å²) in [5.74, 6) is 1.60. The summed E-state index contributed by atoms with van der Waals surface area (Å²) in [5.41, 5.74) is 5.03. The quantitative estimate of drug-likeness (QED) is 0.353. The summed E-state index contributed by atoms with van der Waals surface area (Å²) in [6.45, 7) is 5.23. The van der Waals surface area contributed by atoms with Crippen LogP contribution in [0, 0.1) is 0 Å². The lowest BCUT2D eigenvalue weighted by atomic mass is 9.99. The third-order valence-corrected chi connectivity index (χ3v) is 6.81. The van der Waals surface area contributed by atoms with Gasteiger partial charge in [-0.25, -0.2) is 4.98 Å². The van der Waals surface area contributed by atoms with E-state index in [1.807, 2.05) is 24.3 Å². The van der Waals surface area contributed by atoms with Crippen LogP contribution in [0.4, 0.5) is 5.95 Å². The molecule has 1 aliphatic rings. The number of aromatic nitrogens is 3. The standard InChI is InChI=1S/C30H33N5O2/c1-3-4-19-37-26-11-9-23(10-12-26)22-5-7-24(8-6-22)28-21-35(18-17-32-28)30-33-27(20-29(36)34(30)2)25-13-15-31-16-14-25/h5-16,20,28,32H,3-4,17-19,21H2,1-2H3/t28-/m1/s1. The normalized spacial score (nSPS) is 15.5. The third kappa shape index (κ3) is 5.73. The second-order valence-corrected chi connectivity index (χ2v) is 9.38. The molecule has 1 atom stereocenters. The predicted octanol–water partition coefficient (Wildman–Crippen LogP) is 4.84. The fourth-order valence-corrected chi connectivity index (χ4v) is 4.62. The van der Waals surface area contributed by atoms with Gasteiger partial charge in [0.2, 0.25) is 5.95 Å². The minimum absolute atomic E-state index is 0.0713. The average Bonchev–Trinajstić information content (AvgIpc) is 2.95. The van der Waals surface area contributed by atoms with E-state index in [9.17, 15) is 4.79 Å². The first-order chi connectivity index (χ1) is 18.1. The Bertz CT molecular complexity index is 1370. The first kappa shape index (κ1) is 24.7. The number of unbranched alkanes of at least 4 members (excludes halogenated alkanes) is 1. The molecule has 0 unspecified atom stereocenters. The molecule has 1 saturated heterocycles. The highest BCUT2D eigenvalue weighted by Gasteiger charge is 2.24. The molecule has 0 radical (unpaired) electrons. The number of anilines is 1. The molecule has 0 aliphatic carbocycles. The summed E-state index contributed by atoms with van der Waals surface area (Å²) in [5, 5.41) is 3.62. The Morgan fingerprint density at radius 2 is 1.68 bits per heavy atom. The van der Waals surface area contributed by atoms with Crippen LogP contribution in [0.3, 0.4) is 0 Å². The molecule has 0 spiro atoms. The molecule has 190 valence electrons. The maximum Gasteiger partial charge on any atom is 0.255 e. The minimum Gasteiger partial charge on any atom is -0.494 e. The van der Waals surface area contributed by atoms with Crippen LogP contribution in [-0.4, -0.2) is 40.8 Å². The smallest absolute Gasteiger partial charge is 0.255 e. The highest BCUT2D eigenvalue weighted by Crippen LogP contribution is 2.27. The van der Waals surface area contributed by atoms with Gasteiger partial charge in [-0.2, -0.15) is 0 Å². The van der Waals surface area contributed by atoms with Crippen molar-refractivity contribution < 1.29 is 4.74 Å². The highest BCUT2D eigenvalue weighted by atomic mass is 16.5. The van der Waals surface area contributed by atoms with Gasteiger partial charge in [-0.3, -0.25) is 14.3 Å². The summed E-state index contributed by atoms with van der Waals surface area (Å²) in [6.07, 6.45) is 5.63. The van der Waals surface area contributed by atoms with Crippen LogP contribution >= 0.6 is 0 Å². The molecule has 0 bridgehead atoms. The second-order valence-electron chi connectivity index (χ2n) is 9.38. The lowest BCUT2D eigenvalue weighted by Gasteiger charge is -2.35. The van der Waals surface area contributed by atoms with Crippen molar-refractivity contribution in [1.82, 2.24) is 19.9 Å². The summed E-state index contributed by atoms with van der Waals surface area (Å²) in [6, 6.07) is 22.5. The van der Waals surface area contributed by atoms with Crippen molar-refractivity contribution in [2.45, 2.75) is 25.8 Å². The molecule has 1 aliphatic heterocycles. The van der Waals surface area contributed by atoms with Gasteiger partial charge >= 0.3 is 0 Å². The molecule has 1 fully saturated rings. The number of hydrogen-bond acceptors (Lipinski definition) is 6. The SMILES string of the molecule is CCCCOc1ccc(-c2ccc([C@H]3CN(c4nc(-c5ccncc5)cc(=O)n4C)CCN3)cc2)cc1. The largest absolute Gasteiger partial charge is 0.494 e. The number of nitrogens with one attached hydrogen (secondary N) is 1. The molecule has 0 saturated carbocycles. The van der Waals surface area contributed by atoms with Gasteiger partial charge in [-0.15, -0.1) is 0 Å². The summed E-state index contributed by atoms with van der Waals surface area (Å²) in [7, 11) is 1.78. The molecule has 3 heterocycles. The lowest BCUT2D eigenvalue weighted by Crippen LogP contribution is -2.47. The van der Waals surface area contributed by atoms with E-state index >= 15 is 0 Å². The van der Waals surface area contributed by atoms with Gasteiger partial charge in [0, 0.05) is 56.7 Å². The van der Waals surface area contributed by atoms with E-state index in [0.29, 0.717) is 11.6 Å². The van der Waals surface area contributed by atoms with E-state index < -0.39 is 0 Å². The second kappa shape index (κ2) is 11.4. The predicted molar refractivity (Wildman–Crippen MR) is 148 cm³/mol. The van der Waals surface area contributed by atoms with E-state index in [4.69, 9.17) is 9.72 Å². The van der Waals surface area contributed by atoms with E-state index in [1.54, 1.807) is 30.1 Å². The number of nitrogens with zero attached hydrogens (tertiary/aromatic N) is 4. The Kier molecular flexibility index (Phi) is 7.61.